The predicted molar refractivity (Wildman–Crippen MR) is 117 cm³/mol. The van der Waals surface area contributed by atoms with Gasteiger partial charge in [0.2, 0.25) is 11.8 Å². The van der Waals surface area contributed by atoms with Gasteiger partial charge in [0.15, 0.2) is 0 Å². The number of ether oxygens (including phenoxy) is 1. The Labute approximate surface area is 174 Å². The highest BCUT2D eigenvalue weighted by Crippen LogP contribution is 2.34. The number of hydrogen-bond acceptors (Lipinski definition) is 4. The molecule has 3 aromatic carbocycles. The third kappa shape index (κ3) is 4.71. The summed E-state index contributed by atoms with van der Waals surface area (Å²) in [5.41, 5.74) is 0.890. The SMILES string of the molecule is O=C(CCN1C(=O)CSc2ccccc21)NCCOc1ccc2ccccc2c1. The van der Waals surface area contributed by atoms with Gasteiger partial charge in [0.25, 0.3) is 0 Å². The van der Waals surface area contributed by atoms with Crippen molar-refractivity contribution in [2.75, 3.05) is 30.3 Å². The number of fused-ring (bicyclic) bond motifs is 2. The number of anilines is 1. The van der Waals surface area contributed by atoms with Crippen LogP contribution in [0.25, 0.3) is 10.8 Å². The molecular formula is C23H22N2O3S. The van der Waals surface area contributed by atoms with E-state index in [0.29, 0.717) is 25.4 Å². The molecule has 3 aromatic rings. The van der Waals surface area contributed by atoms with E-state index in [1.165, 1.54) is 5.39 Å². The normalized spacial score (nSPS) is 13.2. The number of carbonyl (C=O) groups is 2. The molecule has 148 valence electrons. The highest BCUT2D eigenvalue weighted by atomic mass is 32.2. The summed E-state index contributed by atoms with van der Waals surface area (Å²) in [6.45, 7) is 1.20. The van der Waals surface area contributed by atoms with Crippen LogP contribution in [0.4, 0.5) is 5.69 Å². The van der Waals surface area contributed by atoms with Gasteiger partial charge in [-0.05, 0) is 35.0 Å². The highest BCUT2D eigenvalue weighted by Gasteiger charge is 2.24. The molecule has 0 aromatic heterocycles. The first kappa shape index (κ1) is 19.3. The Kier molecular flexibility index (Phi) is 6.00. The van der Waals surface area contributed by atoms with Gasteiger partial charge in [-0.15, -0.1) is 11.8 Å². The van der Waals surface area contributed by atoms with Crippen molar-refractivity contribution in [2.45, 2.75) is 11.3 Å². The summed E-state index contributed by atoms with van der Waals surface area (Å²) in [5.74, 6) is 1.15. The van der Waals surface area contributed by atoms with Crippen molar-refractivity contribution >= 4 is 40.0 Å². The fraction of sp³-hybridized carbons (Fsp3) is 0.217. The molecule has 0 fully saturated rings. The summed E-state index contributed by atoms with van der Waals surface area (Å²) in [6.07, 6.45) is 0.265. The zero-order chi connectivity index (χ0) is 20.1. The number of rotatable bonds is 7. The number of nitrogens with one attached hydrogen (secondary N) is 1. The van der Waals surface area contributed by atoms with Gasteiger partial charge in [0, 0.05) is 17.9 Å². The van der Waals surface area contributed by atoms with E-state index in [1.807, 2.05) is 60.7 Å². The quantitative estimate of drug-likeness (QED) is 0.606. The van der Waals surface area contributed by atoms with E-state index in [1.54, 1.807) is 16.7 Å². The van der Waals surface area contributed by atoms with Crippen LogP contribution < -0.4 is 15.0 Å². The highest BCUT2D eigenvalue weighted by molar-refractivity contribution is 8.00. The molecule has 0 spiro atoms. The fourth-order valence-electron chi connectivity index (χ4n) is 3.32. The first-order valence-electron chi connectivity index (χ1n) is 9.61. The van der Waals surface area contributed by atoms with Crippen LogP contribution in [-0.4, -0.2) is 37.3 Å². The Balaban J connectivity index is 1.23. The minimum Gasteiger partial charge on any atom is -0.492 e. The zero-order valence-electron chi connectivity index (χ0n) is 16.0. The molecule has 0 saturated carbocycles. The van der Waals surface area contributed by atoms with Gasteiger partial charge in [0.05, 0.1) is 18.0 Å². The van der Waals surface area contributed by atoms with Crippen LogP contribution in [0.15, 0.2) is 71.6 Å². The topological polar surface area (TPSA) is 58.6 Å². The monoisotopic (exact) mass is 406 g/mol. The standard InChI is InChI=1S/C23H22N2O3S/c26-22(11-13-25-20-7-3-4-8-21(20)29-16-23(25)27)24-12-14-28-19-10-9-17-5-1-2-6-18(17)15-19/h1-10,15H,11-14,16H2,(H,24,26). The maximum Gasteiger partial charge on any atom is 0.237 e. The summed E-state index contributed by atoms with van der Waals surface area (Å²) < 4.78 is 5.74. The second-order valence-electron chi connectivity index (χ2n) is 6.76. The number of nitrogens with zero attached hydrogens (tertiary/aromatic N) is 1. The third-order valence-corrected chi connectivity index (χ3v) is 5.83. The summed E-state index contributed by atoms with van der Waals surface area (Å²) >= 11 is 1.54. The third-order valence-electron chi connectivity index (χ3n) is 4.78. The molecule has 0 aliphatic carbocycles. The summed E-state index contributed by atoms with van der Waals surface area (Å²) in [7, 11) is 0. The second-order valence-corrected chi connectivity index (χ2v) is 7.78. The van der Waals surface area contributed by atoms with Gasteiger partial charge >= 0.3 is 0 Å². The van der Waals surface area contributed by atoms with E-state index in [-0.39, 0.29) is 18.2 Å². The van der Waals surface area contributed by atoms with Gasteiger partial charge in [0.1, 0.15) is 12.4 Å². The molecule has 0 saturated heterocycles. The smallest absolute Gasteiger partial charge is 0.237 e. The Bertz CT molecular complexity index is 1040. The van der Waals surface area contributed by atoms with Crippen LogP contribution in [0.5, 0.6) is 5.75 Å². The lowest BCUT2D eigenvalue weighted by Gasteiger charge is -2.28. The number of hydrogen-bond donors (Lipinski definition) is 1. The molecular weight excluding hydrogens is 384 g/mol. The minimum atomic E-state index is -0.0874. The predicted octanol–water partition coefficient (Wildman–Crippen LogP) is 3.86. The number of para-hydroxylation sites is 1. The van der Waals surface area contributed by atoms with Gasteiger partial charge < -0.3 is 15.0 Å². The van der Waals surface area contributed by atoms with Crippen LogP contribution in [0.3, 0.4) is 0 Å². The maximum absolute atomic E-state index is 12.2. The molecule has 2 amide bonds. The molecule has 5 nitrogen and oxygen atoms in total. The molecule has 0 radical (unpaired) electrons. The zero-order valence-corrected chi connectivity index (χ0v) is 16.8. The van der Waals surface area contributed by atoms with E-state index in [0.717, 1.165) is 21.7 Å². The number of amides is 2. The molecule has 1 N–H and O–H groups in total. The first-order chi connectivity index (χ1) is 14.2. The average molecular weight is 407 g/mol. The van der Waals surface area contributed by atoms with Gasteiger partial charge in [-0.1, -0.05) is 42.5 Å². The van der Waals surface area contributed by atoms with Crippen LogP contribution >= 0.6 is 11.8 Å². The van der Waals surface area contributed by atoms with E-state index < -0.39 is 0 Å². The number of thioether (sulfide) groups is 1. The molecule has 0 atom stereocenters. The Morgan fingerprint density at radius 1 is 1.03 bits per heavy atom. The average Bonchev–Trinajstić information content (AvgIpc) is 2.76. The molecule has 0 bridgehead atoms. The molecule has 1 aliphatic rings. The maximum atomic E-state index is 12.2. The van der Waals surface area contributed by atoms with E-state index in [4.69, 9.17) is 4.74 Å². The van der Waals surface area contributed by atoms with E-state index >= 15 is 0 Å². The van der Waals surface area contributed by atoms with Gasteiger partial charge in [-0.3, -0.25) is 9.59 Å². The van der Waals surface area contributed by atoms with Crippen LogP contribution in [0, 0.1) is 0 Å². The van der Waals surface area contributed by atoms with Crippen LogP contribution in [0.1, 0.15) is 6.42 Å². The molecule has 29 heavy (non-hydrogen) atoms. The Morgan fingerprint density at radius 3 is 2.72 bits per heavy atom. The van der Waals surface area contributed by atoms with E-state index in [9.17, 15) is 9.59 Å². The van der Waals surface area contributed by atoms with Crippen molar-refractivity contribution in [1.82, 2.24) is 5.32 Å². The lowest BCUT2D eigenvalue weighted by molar-refractivity contribution is -0.121. The molecule has 1 heterocycles. The number of carbonyl (C=O) groups excluding carboxylic acids is 2. The summed E-state index contributed by atoms with van der Waals surface area (Å²) in [5, 5.41) is 5.15. The first-order valence-corrected chi connectivity index (χ1v) is 10.6. The lowest BCUT2D eigenvalue weighted by Crippen LogP contribution is -2.39. The number of benzene rings is 3. The molecule has 4 rings (SSSR count). The summed E-state index contributed by atoms with van der Waals surface area (Å²) in [6, 6.07) is 21.9. The van der Waals surface area contributed by atoms with Crippen molar-refractivity contribution < 1.29 is 14.3 Å². The van der Waals surface area contributed by atoms with Crippen molar-refractivity contribution in [1.29, 1.82) is 0 Å². The van der Waals surface area contributed by atoms with Crippen molar-refractivity contribution in [3.8, 4) is 5.75 Å². The molecule has 6 heteroatoms. The van der Waals surface area contributed by atoms with E-state index in [2.05, 4.69) is 11.4 Å². The Hall–Kier alpha value is -2.99. The molecule has 1 aliphatic heterocycles. The van der Waals surface area contributed by atoms with Crippen molar-refractivity contribution in [2.24, 2.45) is 0 Å². The molecule has 0 unspecified atom stereocenters. The summed E-state index contributed by atoms with van der Waals surface area (Å²) in [4.78, 5) is 27.2. The van der Waals surface area contributed by atoms with Crippen LogP contribution in [0.2, 0.25) is 0 Å². The van der Waals surface area contributed by atoms with Gasteiger partial charge in [-0.2, -0.15) is 0 Å². The largest absolute Gasteiger partial charge is 0.492 e. The van der Waals surface area contributed by atoms with Crippen molar-refractivity contribution in [3.05, 3.63) is 66.7 Å². The van der Waals surface area contributed by atoms with Gasteiger partial charge in [-0.25, -0.2) is 0 Å². The van der Waals surface area contributed by atoms with Crippen LogP contribution in [-0.2, 0) is 9.59 Å². The Morgan fingerprint density at radius 2 is 1.83 bits per heavy atom. The second kappa shape index (κ2) is 9.01. The minimum absolute atomic E-state index is 0.0427. The lowest BCUT2D eigenvalue weighted by atomic mass is 10.1. The van der Waals surface area contributed by atoms with Crippen molar-refractivity contribution in [3.63, 3.8) is 0 Å². The fourth-order valence-corrected chi connectivity index (χ4v) is 4.25.